The molecule has 2 aliphatic rings. The van der Waals surface area contributed by atoms with Gasteiger partial charge >= 0.3 is 6.09 Å². The second-order valence-corrected chi connectivity index (χ2v) is 7.80. The summed E-state index contributed by atoms with van der Waals surface area (Å²) < 4.78 is 7.29. The van der Waals surface area contributed by atoms with E-state index in [4.69, 9.17) is 9.72 Å². The predicted molar refractivity (Wildman–Crippen MR) is 107 cm³/mol. The van der Waals surface area contributed by atoms with Gasteiger partial charge in [0.05, 0.1) is 29.8 Å². The lowest BCUT2D eigenvalue weighted by molar-refractivity contribution is 0.157. The zero-order valence-corrected chi connectivity index (χ0v) is 16.5. The van der Waals surface area contributed by atoms with E-state index in [1.807, 2.05) is 18.6 Å². The molecule has 1 amide bonds. The van der Waals surface area contributed by atoms with Crippen molar-refractivity contribution in [2.24, 2.45) is 0 Å². The van der Waals surface area contributed by atoms with Crippen molar-refractivity contribution in [2.45, 2.75) is 32.4 Å². The lowest BCUT2D eigenvalue weighted by atomic mass is 10.2. The average molecular weight is 393 g/mol. The van der Waals surface area contributed by atoms with Gasteiger partial charge in [0.25, 0.3) is 0 Å². The number of pyridine rings is 1. The monoisotopic (exact) mass is 393 g/mol. The Bertz CT molecular complexity index is 1060. The van der Waals surface area contributed by atoms with Crippen LogP contribution >= 0.6 is 0 Å². The van der Waals surface area contributed by atoms with Crippen molar-refractivity contribution in [1.29, 1.82) is 0 Å². The molecular formula is C20H23N7O2. The van der Waals surface area contributed by atoms with E-state index in [2.05, 4.69) is 44.3 Å². The van der Waals surface area contributed by atoms with Gasteiger partial charge in [-0.15, -0.1) is 0 Å². The SMILES string of the molecule is CC(C)n1cnc2cnc(Cc3ccnc(N4CCN5C(=O)OCC5C4)n3)cc21. The Hall–Kier alpha value is -3.23. The standard InChI is InChI=1S/C20H23N7O2/c1-13(2)27-12-23-17-9-22-15(8-18(17)27)7-14-3-4-21-19(24-14)25-5-6-26-16(10-25)11-29-20(26)28/h3-4,8-9,12-13,16H,5-7,10-11H2,1-2H3. The zero-order chi connectivity index (χ0) is 20.0. The van der Waals surface area contributed by atoms with Gasteiger partial charge < -0.3 is 14.2 Å². The number of piperazine rings is 1. The largest absolute Gasteiger partial charge is 0.447 e. The van der Waals surface area contributed by atoms with Gasteiger partial charge in [0, 0.05) is 44.0 Å². The van der Waals surface area contributed by atoms with E-state index in [0.29, 0.717) is 44.7 Å². The minimum atomic E-state index is -0.216. The Morgan fingerprint density at radius 1 is 1.21 bits per heavy atom. The van der Waals surface area contributed by atoms with E-state index in [-0.39, 0.29) is 12.1 Å². The molecule has 150 valence electrons. The summed E-state index contributed by atoms with van der Waals surface area (Å²) in [4.78, 5) is 33.8. The van der Waals surface area contributed by atoms with Gasteiger partial charge in [-0.3, -0.25) is 9.88 Å². The minimum Gasteiger partial charge on any atom is -0.447 e. The van der Waals surface area contributed by atoms with Gasteiger partial charge in [0.2, 0.25) is 5.95 Å². The van der Waals surface area contributed by atoms with Crippen molar-refractivity contribution in [3.63, 3.8) is 0 Å². The van der Waals surface area contributed by atoms with Crippen molar-refractivity contribution in [3.05, 3.63) is 42.2 Å². The number of carbonyl (C=O) groups is 1. The Labute approximate surface area is 168 Å². The molecule has 0 aromatic carbocycles. The topological polar surface area (TPSA) is 89.3 Å². The van der Waals surface area contributed by atoms with Crippen molar-refractivity contribution in [3.8, 4) is 0 Å². The zero-order valence-electron chi connectivity index (χ0n) is 16.5. The number of ether oxygens (including phenoxy) is 1. The molecule has 9 heteroatoms. The Morgan fingerprint density at radius 3 is 2.97 bits per heavy atom. The smallest absolute Gasteiger partial charge is 0.410 e. The number of hydrogen-bond donors (Lipinski definition) is 0. The van der Waals surface area contributed by atoms with Crippen LogP contribution in [0.3, 0.4) is 0 Å². The Kier molecular flexibility index (Phi) is 4.30. The van der Waals surface area contributed by atoms with E-state index in [0.717, 1.165) is 22.4 Å². The van der Waals surface area contributed by atoms with E-state index < -0.39 is 0 Å². The Balaban J connectivity index is 1.36. The molecule has 0 aliphatic carbocycles. The lowest BCUT2D eigenvalue weighted by Gasteiger charge is -2.35. The first kappa shape index (κ1) is 17.8. The van der Waals surface area contributed by atoms with Crippen LogP contribution in [0.4, 0.5) is 10.7 Å². The van der Waals surface area contributed by atoms with Crippen LogP contribution in [0.5, 0.6) is 0 Å². The highest BCUT2D eigenvalue weighted by Gasteiger charge is 2.38. The Morgan fingerprint density at radius 2 is 2.10 bits per heavy atom. The highest BCUT2D eigenvalue weighted by Crippen LogP contribution is 2.22. The quantitative estimate of drug-likeness (QED) is 0.670. The molecule has 29 heavy (non-hydrogen) atoms. The number of carbonyl (C=O) groups excluding carboxylic acids is 1. The third-order valence-corrected chi connectivity index (χ3v) is 5.54. The molecule has 0 bridgehead atoms. The number of anilines is 1. The number of nitrogens with zero attached hydrogens (tertiary/aromatic N) is 7. The molecule has 5 rings (SSSR count). The fourth-order valence-electron chi connectivity index (χ4n) is 3.97. The van der Waals surface area contributed by atoms with Crippen LogP contribution in [0.25, 0.3) is 11.0 Å². The van der Waals surface area contributed by atoms with E-state index in [1.165, 1.54) is 0 Å². The first-order valence-electron chi connectivity index (χ1n) is 9.90. The number of aromatic nitrogens is 5. The molecule has 1 unspecified atom stereocenters. The highest BCUT2D eigenvalue weighted by atomic mass is 16.6. The van der Waals surface area contributed by atoms with Crippen LogP contribution in [0.2, 0.25) is 0 Å². The maximum Gasteiger partial charge on any atom is 0.410 e. The summed E-state index contributed by atoms with van der Waals surface area (Å²) in [6, 6.07) is 4.42. The van der Waals surface area contributed by atoms with Gasteiger partial charge in [0.15, 0.2) is 0 Å². The summed E-state index contributed by atoms with van der Waals surface area (Å²) >= 11 is 0. The lowest BCUT2D eigenvalue weighted by Crippen LogP contribution is -2.52. The molecule has 3 aromatic heterocycles. The van der Waals surface area contributed by atoms with Gasteiger partial charge in [-0.2, -0.15) is 0 Å². The van der Waals surface area contributed by atoms with Gasteiger partial charge in [-0.1, -0.05) is 0 Å². The van der Waals surface area contributed by atoms with Crippen LogP contribution in [-0.4, -0.2) is 67.8 Å². The molecule has 5 heterocycles. The maximum atomic E-state index is 11.7. The summed E-state index contributed by atoms with van der Waals surface area (Å²) in [7, 11) is 0. The predicted octanol–water partition coefficient (Wildman–Crippen LogP) is 2.03. The molecule has 2 fully saturated rings. The molecule has 2 aliphatic heterocycles. The average Bonchev–Trinajstić information content (AvgIpc) is 3.31. The number of imidazole rings is 1. The molecule has 3 aromatic rings. The van der Waals surface area contributed by atoms with Crippen LogP contribution in [0, 0.1) is 0 Å². The maximum absolute atomic E-state index is 11.7. The summed E-state index contributed by atoms with van der Waals surface area (Å²) in [5, 5.41) is 0. The molecule has 0 radical (unpaired) electrons. The third-order valence-electron chi connectivity index (χ3n) is 5.54. The van der Waals surface area contributed by atoms with Crippen LogP contribution in [0.15, 0.2) is 30.9 Å². The fourth-order valence-corrected chi connectivity index (χ4v) is 3.97. The van der Waals surface area contributed by atoms with Gasteiger partial charge in [0.1, 0.15) is 12.1 Å². The third kappa shape index (κ3) is 3.26. The normalized spacial score (nSPS) is 19.1. The molecular weight excluding hydrogens is 370 g/mol. The molecule has 0 saturated carbocycles. The van der Waals surface area contributed by atoms with Crippen molar-refractivity contribution < 1.29 is 9.53 Å². The second-order valence-electron chi connectivity index (χ2n) is 7.80. The van der Waals surface area contributed by atoms with Crippen molar-refractivity contribution in [1.82, 2.24) is 29.4 Å². The molecule has 2 saturated heterocycles. The second kappa shape index (κ2) is 6.98. The van der Waals surface area contributed by atoms with Crippen LogP contribution in [0.1, 0.15) is 31.3 Å². The number of fused-ring (bicyclic) bond motifs is 2. The number of amides is 1. The minimum absolute atomic E-state index is 0.0731. The van der Waals surface area contributed by atoms with Gasteiger partial charge in [-0.05, 0) is 26.0 Å². The first-order chi connectivity index (χ1) is 14.1. The summed E-state index contributed by atoms with van der Waals surface area (Å²) in [6.45, 7) is 6.73. The summed E-state index contributed by atoms with van der Waals surface area (Å²) in [6.07, 6.45) is 5.88. The van der Waals surface area contributed by atoms with Crippen molar-refractivity contribution in [2.75, 3.05) is 31.1 Å². The fraction of sp³-hybridized carbons (Fsp3) is 0.450. The van der Waals surface area contributed by atoms with Crippen molar-refractivity contribution >= 4 is 23.1 Å². The van der Waals surface area contributed by atoms with E-state index >= 15 is 0 Å². The molecule has 0 spiro atoms. The van der Waals surface area contributed by atoms with Crippen LogP contribution in [-0.2, 0) is 11.2 Å². The molecule has 9 nitrogen and oxygen atoms in total. The number of cyclic esters (lactones) is 1. The summed E-state index contributed by atoms with van der Waals surface area (Å²) in [5.74, 6) is 0.690. The van der Waals surface area contributed by atoms with E-state index in [1.54, 1.807) is 11.1 Å². The molecule has 0 N–H and O–H groups in total. The van der Waals surface area contributed by atoms with E-state index in [9.17, 15) is 4.79 Å². The number of rotatable bonds is 4. The van der Waals surface area contributed by atoms with Crippen LogP contribution < -0.4 is 4.90 Å². The highest BCUT2D eigenvalue weighted by molar-refractivity contribution is 5.74. The first-order valence-corrected chi connectivity index (χ1v) is 9.90. The number of hydrogen-bond acceptors (Lipinski definition) is 7. The van der Waals surface area contributed by atoms with Gasteiger partial charge in [-0.25, -0.2) is 19.7 Å². The summed E-state index contributed by atoms with van der Waals surface area (Å²) in [5.41, 5.74) is 3.85. The molecule has 1 atom stereocenters.